The fourth-order valence-electron chi connectivity index (χ4n) is 3.39. The smallest absolute Gasteiger partial charge is 0.139 e. The van der Waals surface area contributed by atoms with E-state index in [1.807, 2.05) is 24.3 Å². The molecule has 0 saturated carbocycles. The molecule has 29 heavy (non-hydrogen) atoms. The first-order chi connectivity index (χ1) is 14.1. The first-order valence-corrected chi connectivity index (χ1v) is 10.5. The number of fused-ring (bicyclic) bond motifs is 1. The predicted octanol–water partition coefficient (Wildman–Crippen LogP) is 4.64. The third-order valence-electron chi connectivity index (χ3n) is 4.68. The quantitative estimate of drug-likeness (QED) is 0.441. The van der Waals surface area contributed by atoms with E-state index in [-0.39, 0.29) is 17.5 Å². The highest BCUT2D eigenvalue weighted by molar-refractivity contribution is 7.79. The molecular weight excluding hydrogens is 409 g/mol. The maximum atomic E-state index is 13.9. The summed E-state index contributed by atoms with van der Waals surface area (Å²) < 4.78 is 42.0. The largest absolute Gasteiger partial charge is 0.772 e. The molecule has 1 aliphatic heterocycles. The molecule has 2 unspecified atom stereocenters. The van der Waals surface area contributed by atoms with E-state index in [4.69, 9.17) is 17.0 Å². The lowest BCUT2D eigenvalue weighted by atomic mass is 9.84. The summed E-state index contributed by atoms with van der Waals surface area (Å²) in [5, 5.41) is 1.60. The maximum absolute atomic E-state index is 13.9. The molecule has 0 amide bonds. The zero-order valence-corrected chi connectivity index (χ0v) is 16.7. The van der Waals surface area contributed by atoms with Crippen LogP contribution in [-0.2, 0) is 16.8 Å². The summed E-state index contributed by atoms with van der Waals surface area (Å²) in [4.78, 5) is 4.20. The van der Waals surface area contributed by atoms with Gasteiger partial charge in [-0.3, -0.25) is 9.19 Å². The molecule has 146 valence electrons. The number of allylic oxidation sites excluding steroid dienone is 1. The Balaban J connectivity index is 1.89. The fourth-order valence-corrected chi connectivity index (χ4v) is 4.14. The number of thiocarbonyl (C=S) groups is 1. The van der Waals surface area contributed by atoms with E-state index in [0.29, 0.717) is 22.6 Å². The highest BCUT2D eigenvalue weighted by Gasteiger charge is 2.30. The number of nitrogens with zero attached hydrogens (tertiary/aromatic N) is 1. The number of benzene rings is 2. The average molecular weight is 424 g/mol. The number of rotatable bonds is 5. The molecule has 0 fully saturated rings. The van der Waals surface area contributed by atoms with Crippen LogP contribution in [0.25, 0.3) is 11.3 Å². The van der Waals surface area contributed by atoms with Crippen molar-refractivity contribution in [3.8, 4) is 5.75 Å². The predicted molar refractivity (Wildman–Crippen MR) is 114 cm³/mol. The summed E-state index contributed by atoms with van der Waals surface area (Å²) >= 11 is 3.15. The first kappa shape index (κ1) is 19.6. The maximum Gasteiger partial charge on any atom is 0.139 e. The van der Waals surface area contributed by atoms with Crippen LogP contribution in [0.15, 0.2) is 67.0 Å². The second kappa shape index (κ2) is 8.32. The number of ether oxygens (including phenoxy) is 1. The van der Waals surface area contributed by atoms with Crippen molar-refractivity contribution in [2.45, 2.75) is 11.7 Å². The summed E-state index contributed by atoms with van der Waals surface area (Å²) in [6.07, 6.45) is 3.38. The minimum atomic E-state index is -2.16. The van der Waals surface area contributed by atoms with Crippen molar-refractivity contribution in [1.82, 2.24) is 4.98 Å². The highest BCUT2D eigenvalue weighted by atomic mass is 32.2. The minimum Gasteiger partial charge on any atom is -0.772 e. The van der Waals surface area contributed by atoms with Gasteiger partial charge in [0.25, 0.3) is 0 Å². The molecule has 2 aromatic carbocycles. The van der Waals surface area contributed by atoms with Gasteiger partial charge in [-0.15, -0.1) is 0 Å². The number of halogens is 1. The van der Waals surface area contributed by atoms with E-state index < -0.39 is 11.1 Å². The van der Waals surface area contributed by atoms with Gasteiger partial charge in [-0.25, -0.2) is 4.39 Å². The Kier molecular flexibility index (Phi) is 5.62. The van der Waals surface area contributed by atoms with E-state index in [0.717, 1.165) is 16.7 Å². The highest BCUT2D eigenvalue weighted by Crippen LogP contribution is 2.46. The molecule has 2 atom stereocenters. The molecule has 1 aliphatic rings. The van der Waals surface area contributed by atoms with Crippen LogP contribution in [0.5, 0.6) is 5.75 Å². The van der Waals surface area contributed by atoms with Gasteiger partial charge in [0.05, 0.1) is 0 Å². The molecule has 0 bridgehead atoms. The first-order valence-electron chi connectivity index (χ1n) is 8.79. The lowest BCUT2D eigenvalue weighted by Gasteiger charge is -2.29. The van der Waals surface area contributed by atoms with Crippen LogP contribution in [0.4, 0.5) is 4.39 Å². The molecule has 0 N–H and O–H groups in total. The van der Waals surface area contributed by atoms with E-state index in [2.05, 4.69) is 4.98 Å². The Morgan fingerprint density at radius 1 is 1.17 bits per heavy atom. The zero-order valence-electron chi connectivity index (χ0n) is 15.1. The number of hydrogen-bond donors (Lipinski definition) is 0. The molecule has 4 nitrogen and oxygen atoms in total. The van der Waals surface area contributed by atoms with Gasteiger partial charge in [-0.2, -0.15) is 0 Å². The number of pyridine rings is 1. The summed E-state index contributed by atoms with van der Waals surface area (Å²) in [6.45, 7) is 0. The van der Waals surface area contributed by atoms with E-state index >= 15 is 0 Å². The Labute approximate surface area is 175 Å². The number of hydrogen-bond acceptors (Lipinski definition) is 5. The van der Waals surface area contributed by atoms with Gasteiger partial charge in [0.2, 0.25) is 0 Å². The SMILES string of the molecule is O=S([O-])Cc1ccc(C2=C(c3cccnc3)C(C=S)c3cc(F)ccc3O2)cc1. The van der Waals surface area contributed by atoms with E-state index in [1.54, 1.807) is 36.0 Å². The van der Waals surface area contributed by atoms with Crippen molar-refractivity contribution in [1.29, 1.82) is 0 Å². The lowest BCUT2D eigenvalue weighted by molar-refractivity contribution is 0.496. The average Bonchev–Trinajstić information content (AvgIpc) is 2.73. The Hall–Kier alpha value is -2.74. The van der Waals surface area contributed by atoms with Crippen LogP contribution in [0, 0.1) is 5.82 Å². The third kappa shape index (κ3) is 4.03. The molecule has 3 aromatic rings. The summed E-state index contributed by atoms with van der Waals surface area (Å²) in [7, 11) is 0. The molecular formula is C22H15FNO3S2-. The second-order valence-corrected chi connectivity index (χ2v) is 7.70. The molecule has 0 spiro atoms. The second-order valence-electron chi connectivity index (χ2n) is 6.53. The standard InChI is InChI=1S/C22H16FNO3S2/c23-17-7-8-20-18(10-17)19(12-28)21(16-2-1-9-24-11-16)22(27-20)15-5-3-14(4-6-15)13-29(25)26/h1-12,19H,13H2,(H,25,26)/p-1. The third-order valence-corrected chi connectivity index (χ3v) is 5.53. The van der Waals surface area contributed by atoms with Crippen LogP contribution in [-0.4, -0.2) is 19.1 Å². The van der Waals surface area contributed by atoms with Crippen LogP contribution in [0.3, 0.4) is 0 Å². The van der Waals surface area contributed by atoms with Gasteiger partial charge < -0.3 is 9.29 Å². The molecule has 0 aliphatic carbocycles. The Morgan fingerprint density at radius 2 is 1.97 bits per heavy atom. The van der Waals surface area contributed by atoms with E-state index in [9.17, 15) is 13.2 Å². The van der Waals surface area contributed by atoms with Gasteiger partial charge in [0, 0.05) is 46.3 Å². The van der Waals surface area contributed by atoms with Crippen LogP contribution in [0.1, 0.15) is 28.2 Å². The molecule has 7 heteroatoms. The minimum absolute atomic E-state index is 0.0552. The molecule has 0 saturated heterocycles. The van der Waals surface area contributed by atoms with E-state index in [1.165, 1.54) is 12.1 Å². The van der Waals surface area contributed by atoms with Crippen molar-refractivity contribution in [3.05, 3.63) is 95.1 Å². The Morgan fingerprint density at radius 3 is 2.62 bits per heavy atom. The van der Waals surface area contributed by atoms with Crippen molar-refractivity contribution >= 4 is 40.0 Å². The molecule has 4 rings (SSSR count). The lowest BCUT2D eigenvalue weighted by Crippen LogP contribution is -2.15. The molecule has 1 aromatic heterocycles. The van der Waals surface area contributed by atoms with Gasteiger partial charge in [-0.05, 0) is 35.2 Å². The van der Waals surface area contributed by atoms with Crippen molar-refractivity contribution in [3.63, 3.8) is 0 Å². The summed E-state index contributed by atoms with van der Waals surface area (Å²) in [5.41, 5.74) is 3.69. The summed E-state index contributed by atoms with van der Waals surface area (Å²) in [6, 6.07) is 15.2. The van der Waals surface area contributed by atoms with Crippen molar-refractivity contribution < 1.29 is 17.9 Å². The van der Waals surface area contributed by atoms with Crippen molar-refractivity contribution in [2.75, 3.05) is 0 Å². The normalized spacial score (nSPS) is 16.7. The summed E-state index contributed by atoms with van der Waals surface area (Å²) in [5.74, 6) is 0.332. The van der Waals surface area contributed by atoms with Crippen LogP contribution in [0.2, 0.25) is 0 Å². The zero-order chi connectivity index (χ0) is 20.4. The van der Waals surface area contributed by atoms with Gasteiger partial charge in [0.15, 0.2) is 0 Å². The van der Waals surface area contributed by atoms with Gasteiger partial charge in [0.1, 0.15) is 17.3 Å². The van der Waals surface area contributed by atoms with Crippen LogP contribution < -0.4 is 4.74 Å². The van der Waals surface area contributed by atoms with Crippen LogP contribution >= 0.6 is 12.2 Å². The topological polar surface area (TPSA) is 62.2 Å². The monoisotopic (exact) mass is 424 g/mol. The Bertz CT molecular complexity index is 1110. The number of aromatic nitrogens is 1. The van der Waals surface area contributed by atoms with Gasteiger partial charge >= 0.3 is 0 Å². The van der Waals surface area contributed by atoms with Crippen molar-refractivity contribution in [2.24, 2.45) is 0 Å². The fraction of sp³-hybridized carbons (Fsp3) is 0.0909. The molecule has 2 heterocycles. The molecule has 0 radical (unpaired) electrons. The van der Waals surface area contributed by atoms with Gasteiger partial charge in [-0.1, -0.05) is 53.6 Å².